The maximum atomic E-state index is 13.5. The molecule has 0 amide bonds. The Hall–Kier alpha value is -2.29. The minimum atomic E-state index is -3.78. The highest BCUT2D eigenvalue weighted by Gasteiger charge is 2.20. The Morgan fingerprint density at radius 2 is 1.84 bits per heavy atom. The molecule has 0 atom stereocenters. The lowest BCUT2D eigenvalue weighted by Crippen LogP contribution is -2.20. The minimum Gasteiger partial charge on any atom is -0.454 e. The SMILES string of the molecule is CNS(=O)(=O)c1ccc(Cl)c(C(=O)OCC(=O)c2ccccc2F)c1. The summed E-state index contributed by atoms with van der Waals surface area (Å²) in [7, 11) is -2.57. The molecule has 2 aromatic carbocycles. The van der Waals surface area contributed by atoms with Crippen molar-refractivity contribution in [3.8, 4) is 0 Å². The molecule has 2 aromatic rings. The summed E-state index contributed by atoms with van der Waals surface area (Å²) in [5.41, 5.74) is -0.438. The molecule has 0 spiro atoms. The molecule has 1 N–H and O–H groups in total. The Balaban J connectivity index is 2.17. The molecule has 0 unspecified atom stereocenters. The molecular weight excluding hydrogens is 373 g/mol. The molecule has 0 fully saturated rings. The molecule has 0 aromatic heterocycles. The Labute approximate surface area is 148 Å². The Bertz CT molecular complexity index is 930. The van der Waals surface area contributed by atoms with E-state index in [1.54, 1.807) is 0 Å². The Morgan fingerprint density at radius 3 is 2.48 bits per heavy atom. The number of rotatable bonds is 6. The summed E-state index contributed by atoms with van der Waals surface area (Å²) in [6.45, 7) is -0.709. The third-order valence-corrected chi connectivity index (χ3v) is 4.99. The van der Waals surface area contributed by atoms with Crippen LogP contribution in [0.15, 0.2) is 47.4 Å². The van der Waals surface area contributed by atoms with E-state index in [4.69, 9.17) is 16.3 Å². The van der Waals surface area contributed by atoms with Gasteiger partial charge in [-0.2, -0.15) is 0 Å². The number of esters is 1. The van der Waals surface area contributed by atoms with Crippen LogP contribution in [0.2, 0.25) is 5.02 Å². The minimum absolute atomic E-state index is 0.0432. The molecule has 0 saturated heterocycles. The molecule has 25 heavy (non-hydrogen) atoms. The second-order valence-corrected chi connectivity index (χ2v) is 7.12. The van der Waals surface area contributed by atoms with Crippen molar-refractivity contribution in [1.82, 2.24) is 4.72 Å². The fourth-order valence-electron chi connectivity index (χ4n) is 1.92. The van der Waals surface area contributed by atoms with Crippen molar-refractivity contribution in [2.24, 2.45) is 0 Å². The van der Waals surface area contributed by atoms with Crippen molar-refractivity contribution in [2.45, 2.75) is 4.90 Å². The summed E-state index contributed by atoms with van der Waals surface area (Å²) in [6, 6.07) is 8.74. The highest BCUT2D eigenvalue weighted by molar-refractivity contribution is 7.89. The van der Waals surface area contributed by atoms with E-state index >= 15 is 0 Å². The smallest absolute Gasteiger partial charge is 0.340 e. The fourth-order valence-corrected chi connectivity index (χ4v) is 2.87. The average Bonchev–Trinajstić information content (AvgIpc) is 2.60. The van der Waals surface area contributed by atoms with Gasteiger partial charge in [-0.25, -0.2) is 22.3 Å². The quantitative estimate of drug-likeness (QED) is 0.609. The van der Waals surface area contributed by atoms with E-state index in [0.29, 0.717) is 0 Å². The Kier molecular flexibility index (Phi) is 5.89. The fraction of sp³-hybridized carbons (Fsp3) is 0.125. The number of carbonyl (C=O) groups excluding carboxylic acids is 2. The highest BCUT2D eigenvalue weighted by Crippen LogP contribution is 2.21. The van der Waals surface area contributed by atoms with Gasteiger partial charge in [-0.05, 0) is 37.4 Å². The zero-order valence-corrected chi connectivity index (χ0v) is 14.5. The molecule has 0 aliphatic carbocycles. The number of hydrogen-bond acceptors (Lipinski definition) is 5. The van der Waals surface area contributed by atoms with Gasteiger partial charge in [0.05, 0.1) is 21.0 Å². The van der Waals surface area contributed by atoms with Gasteiger partial charge in [0.1, 0.15) is 5.82 Å². The first kappa shape index (κ1) is 19.0. The van der Waals surface area contributed by atoms with E-state index in [1.165, 1.54) is 37.4 Å². The molecule has 0 heterocycles. The molecule has 9 heteroatoms. The average molecular weight is 386 g/mol. The van der Waals surface area contributed by atoms with Crippen LogP contribution in [0.25, 0.3) is 0 Å². The van der Waals surface area contributed by atoms with Crippen molar-refractivity contribution in [1.29, 1.82) is 0 Å². The van der Waals surface area contributed by atoms with Gasteiger partial charge in [0.15, 0.2) is 6.61 Å². The molecule has 132 valence electrons. The van der Waals surface area contributed by atoms with Gasteiger partial charge >= 0.3 is 5.97 Å². The van der Waals surface area contributed by atoms with Crippen molar-refractivity contribution < 1.29 is 27.1 Å². The van der Waals surface area contributed by atoms with Crippen LogP contribution in [-0.4, -0.2) is 33.8 Å². The normalized spacial score (nSPS) is 11.2. The largest absolute Gasteiger partial charge is 0.454 e. The van der Waals surface area contributed by atoms with Gasteiger partial charge in [-0.15, -0.1) is 0 Å². The third-order valence-electron chi connectivity index (χ3n) is 3.25. The van der Waals surface area contributed by atoms with E-state index in [9.17, 15) is 22.4 Å². The number of benzene rings is 2. The van der Waals surface area contributed by atoms with Gasteiger partial charge in [0, 0.05) is 0 Å². The topological polar surface area (TPSA) is 89.5 Å². The van der Waals surface area contributed by atoms with Crippen LogP contribution in [0.4, 0.5) is 4.39 Å². The van der Waals surface area contributed by atoms with Crippen LogP contribution in [0.3, 0.4) is 0 Å². The third kappa shape index (κ3) is 4.41. The van der Waals surface area contributed by atoms with Gasteiger partial charge < -0.3 is 4.74 Å². The van der Waals surface area contributed by atoms with Crippen LogP contribution in [0.5, 0.6) is 0 Å². The van der Waals surface area contributed by atoms with Crippen LogP contribution < -0.4 is 4.72 Å². The number of ketones is 1. The van der Waals surface area contributed by atoms with E-state index < -0.39 is 34.2 Å². The second kappa shape index (κ2) is 7.73. The highest BCUT2D eigenvalue weighted by atomic mass is 35.5. The second-order valence-electron chi connectivity index (χ2n) is 4.83. The Morgan fingerprint density at radius 1 is 1.16 bits per heavy atom. The first-order chi connectivity index (χ1) is 11.8. The lowest BCUT2D eigenvalue weighted by molar-refractivity contribution is 0.0473. The summed E-state index contributed by atoms with van der Waals surface area (Å²) in [5, 5.41) is -0.0432. The molecule has 0 radical (unpaired) electrons. The summed E-state index contributed by atoms with van der Waals surface area (Å²) < 4.78 is 44.0. The predicted molar refractivity (Wildman–Crippen MR) is 88.7 cm³/mol. The number of hydrogen-bond donors (Lipinski definition) is 1. The van der Waals surface area contributed by atoms with E-state index in [0.717, 1.165) is 12.1 Å². The standard InChI is InChI=1S/C16H13ClFNO5S/c1-19-25(22,23)10-6-7-13(17)12(8-10)16(21)24-9-15(20)11-4-2-3-5-14(11)18/h2-8,19H,9H2,1H3. The number of ether oxygens (including phenoxy) is 1. The zero-order valence-electron chi connectivity index (χ0n) is 13.0. The summed E-state index contributed by atoms with van der Waals surface area (Å²) >= 11 is 5.88. The van der Waals surface area contributed by atoms with Crippen LogP contribution in [-0.2, 0) is 14.8 Å². The summed E-state index contributed by atoms with van der Waals surface area (Å²) in [4.78, 5) is 23.8. The van der Waals surface area contributed by atoms with Gasteiger partial charge in [0.2, 0.25) is 15.8 Å². The molecule has 6 nitrogen and oxygen atoms in total. The number of nitrogens with one attached hydrogen (secondary N) is 1. The predicted octanol–water partition coefficient (Wildman–Crippen LogP) is 2.43. The van der Waals surface area contributed by atoms with Crippen LogP contribution in [0, 0.1) is 5.82 Å². The van der Waals surface area contributed by atoms with E-state index in [-0.39, 0.29) is 21.0 Å². The number of sulfonamides is 1. The molecule has 0 saturated carbocycles. The number of carbonyl (C=O) groups is 2. The number of Topliss-reactive ketones (excluding diaryl/α,β-unsaturated/α-hetero) is 1. The lowest BCUT2D eigenvalue weighted by Gasteiger charge is -2.08. The van der Waals surface area contributed by atoms with E-state index in [1.807, 2.05) is 0 Å². The molecular formula is C16H13ClFNO5S. The van der Waals surface area contributed by atoms with Gasteiger partial charge in [0.25, 0.3) is 0 Å². The molecule has 0 bridgehead atoms. The first-order valence-corrected chi connectivity index (χ1v) is 8.80. The van der Waals surface area contributed by atoms with Crippen molar-refractivity contribution in [3.63, 3.8) is 0 Å². The summed E-state index contributed by atoms with van der Waals surface area (Å²) in [5.74, 6) is -2.46. The van der Waals surface area contributed by atoms with Crippen LogP contribution in [0.1, 0.15) is 20.7 Å². The van der Waals surface area contributed by atoms with Crippen LogP contribution >= 0.6 is 11.6 Å². The van der Waals surface area contributed by atoms with Crippen molar-refractivity contribution in [2.75, 3.05) is 13.7 Å². The van der Waals surface area contributed by atoms with E-state index in [2.05, 4.69) is 4.72 Å². The zero-order chi connectivity index (χ0) is 18.6. The molecule has 0 aliphatic heterocycles. The number of halogens is 2. The molecule has 0 aliphatic rings. The maximum absolute atomic E-state index is 13.5. The monoisotopic (exact) mass is 385 g/mol. The van der Waals surface area contributed by atoms with Gasteiger partial charge in [-0.1, -0.05) is 23.7 Å². The maximum Gasteiger partial charge on any atom is 0.340 e. The summed E-state index contributed by atoms with van der Waals surface area (Å²) in [6.07, 6.45) is 0. The van der Waals surface area contributed by atoms with Gasteiger partial charge in [-0.3, -0.25) is 4.79 Å². The lowest BCUT2D eigenvalue weighted by atomic mass is 10.1. The van der Waals surface area contributed by atoms with Crippen molar-refractivity contribution >= 4 is 33.4 Å². The first-order valence-electron chi connectivity index (χ1n) is 6.94. The molecule has 2 rings (SSSR count). The van der Waals surface area contributed by atoms with Crippen molar-refractivity contribution in [3.05, 3.63) is 64.4 Å².